The van der Waals surface area contributed by atoms with E-state index in [1.54, 1.807) is 12.1 Å². The maximum Gasteiger partial charge on any atom is 0.123 e. The molecule has 2 nitrogen and oxygen atoms in total. The van der Waals surface area contributed by atoms with Gasteiger partial charge < -0.3 is 9.88 Å². The Morgan fingerprint density at radius 2 is 2.00 bits per heavy atom. The highest BCUT2D eigenvalue weighted by Gasteiger charge is 2.20. The van der Waals surface area contributed by atoms with Crippen LogP contribution in [0.15, 0.2) is 48.5 Å². The van der Waals surface area contributed by atoms with E-state index in [9.17, 15) is 4.39 Å². The molecule has 0 spiro atoms. The lowest BCUT2D eigenvalue weighted by Gasteiger charge is -2.33. The van der Waals surface area contributed by atoms with Gasteiger partial charge in [-0.25, -0.2) is 4.39 Å². The molecule has 2 aromatic carbocycles. The van der Waals surface area contributed by atoms with Gasteiger partial charge in [-0.1, -0.05) is 36.8 Å². The number of aromatic amines is 1. The van der Waals surface area contributed by atoms with E-state index < -0.39 is 0 Å². The number of nitrogens with one attached hydrogen (secondary N) is 1. The van der Waals surface area contributed by atoms with Crippen molar-refractivity contribution < 1.29 is 4.39 Å². The van der Waals surface area contributed by atoms with Crippen LogP contribution in [0.25, 0.3) is 22.2 Å². The maximum atomic E-state index is 13.7. The first-order valence-corrected chi connectivity index (χ1v) is 9.32. The number of H-pyrrole nitrogens is 1. The number of aromatic nitrogens is 1. The molecule has 130 valence electrons. The fraction of sp³-hybridized carbons (Fsp3) is 0.364. The van der Waals surface area contributed by atoms with E-state index in [1.165, 1.54) is 42.8 Å². The van der Waals surface area contributed by atoms with Crippen molar-refractivity contribution in [1.82, 2.24) is 9.88 Å². The number of para-hydroxylation sites is 1. The molecule has 3 aromatic rings. The van der Waals surface area contributed by atoms with Crippen molar-refractivity contribution in [2.24, 2.45) is 0 Å². The maximum absolute atomic E-state index is 13.7. The molecule has 4 rings (SSSR count). The van der Waals surface area contributed by atoms with Crippen LogP contribution in [0.1, 0.15) is 31.7 Å². The van der Waals surface area contributed by atoms with Crippen molar-refractivity contribution in [1.29, 1.82) is 0 Å². The number of likely N-dealkylation sites (tertiary alicyclic amines) is 1. The Bertz CT molecular complexity index is 867. The van der Waals surface area contributed by atoms with Crippen LogP contribution in [0, 0.1) is 5.82 Å². The minimum atomic E-state index is -0.188. The molecule has 0 saturated carbocycles. The molecule has 1 aliphatic heterocycles. The minimum absolute atomic E-state index is 0.188. The van der Waals surface area contributed by atoms with Gasteiger partial charge in [-0.3, -0.25) is 0 Å². The van der Waals surface area contributed by atoms with E-state index in [-0.39, 0.29) is 5.82 Å². The molecule has 1 atom stereocenters. The third-order valence-electron chi connectivity index (χ3n) is 5.52. The molecule has 0 unspecified atom stereocenters. The summed E-state index contributed by atoms with van der Waals surface area (Å²) in [4.78, 5) is 6.12. The average Bonchev–Trinajstić information content (AvgIpc) is 3.00. The number of nitrogens with zero attached hydrogens (tertiary/aromatic N) is 1. The van der Waals surface area contributed by atoms with Crippen LogP contribution in [0.4, 0.5) is 4.39 Å². The van der Waals surface area contributed by atoms with Crippen LogP contribution >= 0.6 is 0 Å². The van der Waals surface area contributed by atoms with Gasteiger partial charge in [0.2, 0.25) is 0 Å². The number of halogens is 1. The quantitative estimate of drug-likeness (QED) is 0.677. The van der Waals surface area contributed by atoms with E-state index in [0.717, 1.165) is 29.7 Å². The molecular weight excluding hydrogens is 311 g/mol. The summed E-state index contributed by atoms with van der Waals surface area (Å²) >= 11 is 0. The first kappa shape index (κ1) is 16.3. The van der Waals surface area contributed by atoms with Gasteiger partial charge in [-0.05, 0) is 56.5 Å². The SMILES string of the molecule is C[C@@H]1CCCCN1CCc1c(-c2cccc(F)c2)[nH]c2ccccc12. The second-order valence-electron chi connectivity index (χ2n) is 7.17. The zero-order valence-electron chi connectivity index (χ0n) is 14.8. The fourth-order valence-electron chi connectivity index (χ4n) is 4.10. The highest BCUT2D eigenvalue weighted by Crippen LogP contribution is 2.31. The Hall–Kier alpha value is -2.13. The summed E-state index contributed by atoms with van der Waals surface area (Å²) in [5.74, 6) is -0.188. The van der Waals surface area contributed by atoms with Crippen LogP contribution < -0.4 is 0 Å². The van der Waals surface area contributed by atoms with Crippen LogP contribution in [0.5, 0.6) is 0 Å². The normalized spacial score (nSPS) is 18.7. The standard InChI is InChI=1S/C22H25FN2/c1-16-7-4-5-13-25(16)14-12-20-19-10-2-3-11-21(19)24-22(20)17-8-6-9-18(23)15-17/h2-3,6,8-11,15-16,24H,4-5,7,12-14H2,1H3/t16-/m1/s1. The Kier molecular flexibility index (Phi) is 4.58. The Labute approximate surface area is 148 Å². The number of hydrogen-bond donors (Lipinski definition) is 1. The van der Waals surface area contributed by atoms with Crippen LogP contribution in [-0.4, -0.2) is 29.0 Å². The van der Waals surface area contributed by atoms with E-state index in [1.807, 2.05) is 12.1 Å². The van der Waals surface area contributed by atoms with Crippen molar-refractivity contribution in [3.05, 3.63) is 59.9 Å². The molecule has 25 heavy (non-hydrogen) atoms. The molecule has 0 bridgehead atoms. The first-order chi connectivity index (χ1) is 12.2. The molecule has 1 N–H and O–H groups in total. The summed E-state index contributed by atoms with van der Waals surface area (Å²) in [6, 6.07) is 16.0. The molecule has 2 heterocycles. The summed E-state index contributed by atoms with van der Waals surface area (Å²) < 4.78 is 13.7. The summed E-state index contributed by atoms with van der Waals surface area (Å²) in [5.41, 5.74) is 4.42. The van der Waals surface area contributed by atoms with Crippen LogP contribution in [0.2, 0.25) is 0 Å². The molecule has 1 saturated heterocycles. The molecule has 0 amide bonds. The largest absolute Gasteiger partial charge is 0.354 e. The highest BCUT2D eigenvalue weighted by molar-refractivity contribution is 5.90. The lowest BCUT2D eigenvalue weighted by molar-refractivity contribution is 0.163. The monoisotopic (exact) mass is 336 g/mol. The zero-order valence-corrected chi connectivity index (χ0v) is 14.8. The van der Waals surface area contributed by atoms with Gasteiger partial charge in [0.1, 0.15) is 5.82 Å². The molecule has 1 fully saturated rings. The highest BCUT2D eigenvalue weighted by atomic mass is 19.1. The van der Waals surface area contributed by atoms with Crippen LogP contribution in [0.3, 0.4) is 0 Å². The van der Waals surface area contributed by atoms with Gasteiger partial charge in [0, 0.05) is 34.7 Å². The lowest BCUT2D eigenvalue weighted by atomic mass is 10.00. The minimum Gasteiger partial charge on any atom is -0.354 e. The van der Waals surface area contributed by atoms with Crippen LogP contribution in [-0.2, 0) is 6.42 Å². The second-order valence-corrected chi connectivity index (χ2v) is 7.17. The summed E-state index contributed by atoms with van der Waals surface area (Å²) in [6.45, 7) is 4.59. The molecule has 0 radical (unpaired) electrons. The first-order valence-electron chi connectivity index (χ1n) is 9.32. The van der Waals surface area contributed by atoms with E-state index in [2.05, 4.69) is 35.0 Å². The Balaban J connectivity index is 1.69. The Morgan fingerprint density at radius 3 is 2.84 bits per heavy atom. The number of fused-ring (bicyclic) bond motifs is 1. The summed E-state index contributed by atoms with van der Waals surface area (Å²) in [5, 5.41) is 1.26. The predicted molar refractivity (Wildman–Crippen MR) is 102 cm³/mol. The number of benzene rings is 2. The van der Waals surface area contributed by atoms with Crippen molar-refractivity contribution >= 4 is 10.9 Å². The van der Waals surface area contributed by atoms with Crippen molar-refractivity contribution in [3.63, 3.8) is 0 Å². The number of hydrogen-bond acceptors (Lipinski definition) is 1. The third-order valence-corrected chi connectivity index (χ3v) is 5.52. The predicted octanol–water partition coefficient (Wildman–Crippen LogP) is 5.39. The number of piperidine rings is 1. The van der Waals surface area contributed by atoms with Gasteiger partial charge in [-0.15, -0.1) is 0 Å². The second kappa shape index (κ2) is 7.01. The lowest BCUT2D eigenvalue weighted by Crippen LogP contribution is -2.38. The summed E-state index contributed by atoms with van der Waals surface area (Å²) in [6.07, 6.45) is 4.93. The molecule has 1 aliphatic rings. The van der Waals surface area contributed by atoms with Gasteiger partial charge in [0.15, 0.2) is 0 Å². The topological polar surface area (TPSA) is 19.0 Å². The molecular formula is C22H25FN2. The molecule has 1 aromatic heterocycles. The van der Waals surface area contributed by atoms with Gasteiger partial charge in [-0.2, -0.15) is 0 Å². The fourth-order valence-corrected chi connectivity index (χ4v) is 4.10. The van der Waals surface area contributed by atoms with Gasteiger partial charge in [0.25, 0.3) is 0 Å². The summed E-state index contributed by atoms with van der Waals surface area (Å²) in [7, 11) is 0. The van der Waals surface area contributed by atoms with Crippen molar-refractivity contribution in [3.8, 4) is 11.3 Å². The van der Waals surface area contributed by atoms with Gasteiger partial charge >= 0.3 is 0 Å². The van der Waals surface area contributed by atoms with E-state index in [0.29, 0.717) is 6.04 Å². The molecule has 3 heteroatoms. The number of rotatable bonds is 4. The van der Waals surface area contributed by atoms with Crippen molar-refractivity contribution in [2.45, 2.75) is 38.6 Å². The van der Waals surface area contributed by atoms with E-state index in [4.69, 9.17) is 0 Å². The smallest absolute Gasteiger partial charge is 0.123 e. The van der Waals surface area contributed by atoms with E-state index >= 15 is 0 Å². The molecule has 0 aliphatic carbocycles. The zero-order chi connectivity index (χ0) is 17.2. The average molecular weight is 336 g/mol. The third kappa shape index (κ3) is 3.34. The Morgan fingerprint density at radius 1 is 1.12 bits per heavy atom. The van der Waals surface area contributed by atoms with Gasteiger partial charge in [0.05, 0.1) is 0 Å². The van der Waals surface area contributed by atoms with Crippen molar-refractivity contribution in [2.75, 3.05) is 13.1 Å².